The van der Waals surface area contributed by atoms with Crippen LogP contribution in [0.3, 0.4) is 0 Å². The fourth-order valence-electron chi connectivity index (χ4n) is 2.86. The predicted octanol–water partition coefficient (Wildman–Crippen LogP) is 3.82. The molecule has 1 fully saturated rings. The van der Waals surface area contributed by atoms with Crippen LogP contribution in [0.5, 0.6) is 0 Å². The Hall–Kier alpha value is -1.99. The summed E-state index contributed by atoms with van der Waals surface area (Å²) in [4.78, 5) is 15.0. The molecule has 0 spiro atoms. The summed E-state index contributed by atoms with van der Waals surface area (Å²) in [5.74, 6) is -0.255. The molecule has 5 nitrogen and oxygen atoms in total. The molecule has 0 aliphatic carbocycles. The van der Waals surface area contributed by atoms with Crippen LogP contribution in [0.15, 0.2) is 46.9 Å². The van der Waals surface area contributed by atoms with E-state index < -0.39 is 0 Å². The van der Waals surface area contributed by atoms with Crippen molar-refractivity contribution in [2.24, 2.45) is 0 Å². The number of non-ortho nitro benzene ring substituents is 1. The van der Waals surface area contributed by atoms with E-state index in [1.165, 1.54) is 12.1 Å². The van der Waals surface area contributed by atoms with Gasteiger partial charge in [-0.1, -0.05) is 12.1 Å². The maximum atomic E-state index is 13.3. The monoisotopic (exact) mass is 393 g/mol. The van der Waals surface area contributed by atoms with Crippen LogP contribution in [0.2, 0.25) is 0 Å². The number of nitro groups is 1. The second-order valence-corrected chi connectivity index (χ2v) is 6.64. The topological polar surface area (TPSA) is 49.6 Å². The lowest BCUT2D eigenvalue weighted by Crippen LogP contribution is -2.45. The highest BCUT2D eigenvalue weighted by molar-refractivity contribution is 9.10. The van der Waals surface area contributed by atoms with Crippen LogP contribution in [0, 0.1) is 15.9 Å². The lowest BCUT2D eigenvalue weighted by molar-refractivity contribution is -0.384. The smallest absolute Gasteiger partial charge is 0.271 e. The molecule has 0 N–H and O–H groups in total. The Morgan fingerprint density at radius 3 is 2.54 bits per heavy atom. The van der Waals surface area contributed by atoms with Crippen LogP contribution in [0.25, 0.3) is 0 Å². The van der Waals surface area contributed by atoms with Gasteiger partial charge in [0, 0.05) is 50.5 Å². The number of hydrogen-bond acceptors (Lipinski definition) is 4. The minimum Gasteiger partial charge on any atom is -0.369 e. The minimum atomic E-state index is -0.369. The van der Waals surface area contributed by atoms with E-state index in [1.54, 1.807) is 18.2 Å². The van der Waals surface area contributed by atoms with Gasteiger partial charge in [0.25, 0.3) is 5.69 Å². The van der Waals surface area contributed by atoms with Crippen LogP contribution < -0.4 is 4.90 Å². The summed E-state index contributed by atoms with van der Waals surface area (Å²) in [6.07, 6.45) is 0. The van der Waals surface area contributed by atoms with Crippen LogP contribution in [0.4, 0.5) is 15.8 Å². The molecule has 0 radical (unpaired) electrons. The summed E-state index contributed by atoms with van der Waals surface area (Å²) < 4.78 is 13.8. The standard InChI is InChI=1S/C17H17BrFN3O2/c18-16-10-13(4-5-17(16)19)12-20-6-8-21(9-7-20)14-2-1-3-15(11-14)22(23)24/h1-5,10-11H,6-9,12H2. The van der Waals surface area contributed by atoms with Crippen LogP contribution in [-0.2, 0) is 6.54 Å². The molecule has 1 heterocycles. The molecule has 0 aromatic heterocycles. The van der Waals surface area contributed by atoms with Crippen molar-refractivity contribution >= 4 is 27.3 Å². The summed E-state index contributed by atoms with van der Waals surface area (Å²) in [7, 11) is 0. The zero-order chi connectivity index (χ0) is 17.1. The number of rotatable bonds is 4. The number of benzene rings is 2. The molecule has 2 aromatic rings. The van der Waals surface area contributed by atoms with Gasteiger partial charge in [-0.15, -0.1) is 0 Å². The summed E-state index contributed by atoms with van der Waals surface area (Å²) in [5, 5.41) is 10.9. The number of hydrogen-bond donors (Lipinski definition) is 0. The van der Waals surface area contributed by atoms with Gasteiger partial charge in [0.2, 0.25) is 0 Å². The Kier molecular flexibility index (Phi) is 5.11. The highest BCUT2D eigenvalue weighted by Gasteiger charge is 2.19. The van der Waals surface area contributed by atoms with E-state index in [0.29, 0.717) is 4.47 Å². The zero-order valence-corrected chi connectivity index (χ0v) is 14.6. The minimum absolute atomic E-state index is 0.117. The largest absolute Gasteiger partial charge is 0.369 e. The Morgan fingerprint density at radius 2 is 1.88 bits per heavy atom. The maximum Gasteiger partial charge on any atom is 0.271 e. The lowest BCUT2D eigenvalue weighted by Gasteiger charge is -2.36. The number of piperazine rings is 1. The van der Waals surface area contributed by atoms with E-state index >= 15 is 0 Å². The third kappa shape index (κ3) is 3.91. The van der Waals surface area contributed by atoms with Crippen molar-refractivity contribution in [1.82, 2.24) is 4.90 Å². The number of anilines is 1. The van der Waals surface area contributed by atoms with Crippen molar-refractivity contribution < 1.29 is 9.31 Å². The molecule has 24 heavy (non-hydrogen) atoms. The van der Waals surface area contributed by atoms with Crippen molar-refractivity contribution in [3.63, 3.8) is 0 Å². The van der Waals surface area contributed by atoms with Gasteiger partial charge < -0.3 is 4.90 Å². The average Bonchev–Trinajstić information content (AvgIpc) is 2.59. The Morgan fingerprint density at radius 1 is 1.12 bits per heavy atom. The first-order valence-electron chi connectivity index (χ1n) is 7.68. The highest BCUT2D eigenvalue weighted by atomic mass is 79.9. The molecule has 0 amide bonds. The van der Waals surface area contributed by atoms with E-state index in [1.807, 2.05) is 12.1 Å². The van der Waals surface area contributed by atoms with E-state index in [0.717, 1.165) is 44.0 Å². The van der Waals surface area contributed by atoms with Gasteiger partial charge in [-0.05, 0) is 39.7 Å². The van der Waals surface area contributed by atoms with Gasteiger partial charge in [0.1, 0.15) is 5.82 Å². The predicted molar refractivity (Wildman–Crippen MR) is 94.7 cm³/mol. The molecule has 2 aromatic carbocycles. The quantitative estimate of drug-likeness (QED) is 0.585. The fraction of sp³-hybridized carbons (Fsp3) is 0.294. The van der Waals surface area contributed by atoms with Gasteiger partial charge >= 0.3 is 0 Å². The van der Waals surface area contributed by atoms with Gasteiger partial charge in [0.05, 0.1) is 9.40 Å². The molecular formula is C17H17BrFN3O2. The normalized spacial score (nSPS) is 15.5. The molecule has 0 unspecified atom stereocenters. The van der Waals surface area contributed by atoms with Crippen molar-refractivity contribution in [3.8, 4) is 0 Å². The highest BCUT2D eigenvalue weighted by Crippen LogP contribution is 2.23. The van der Waals surface area contributed by atoms with Gasteiger partial charge in [-0.2, -0.15) is 0 Å². The molecule has 0 atom stereocenters. The molecule has 1 aliphatic heterocycles. The number of nitrogens with zero attached hydrogens (tertiary/aromatic N) is 3. The number of nitro benzene ring substituents is 1. The van der Waals surface area contributed by atoms with Gasteiger partial charge in [0.15, 0.2) is 0 Å². The SMILES string of the molecule is O=[N+]([O-])c1cccc(N2CCN(Cc3ccc(F)c(Br)c3)CC2)c1. The second kappa shape index (κ2) is 7.27. The Balaban J connectivity index is 1.60. The van der Waals surface area contributed by atoms with E-state index in [2.05, 4.69) is 25.7 Å². The Bertz CT molecular complexity index is 748. The van der Waals surface area contributed by atoms with Crippen LogP contribution in [-0.4, -0.2) is 36.0 Å². The third-order valence-corrected chi connectivity index (χ3v) is 4.78. The number of halogens is 2. The van der Waals surface area contributed by atoms with E-state index in [4.69, 9.17) is 0 Å². The average molecular weight is 394 g/mol. The molecule has 7 heteroatoms. The molecule has 0 saturated carbocycles. The van der Waals surface area contributed by atoms with Crippen LogP contribution >= 0.6 is 15.9 Å². The Labute approximate surface area is 148 Å². The van der Waals surface area contributed by atoms with Crippen molar-refractivity contribution in [2.45, 2.75) is 6.54 Å². The first-order valence-corrected chi connectivity index (χ1v) is 8.48. The van der Waals surface area contributed by atoms with E-state index in [-0.39, 0.29) is 16.4 Å². The first-order chi connectivity index (χ1) is 11.5. The second-order valence-electron chi connectivity index (χ2n) is 5.79. The summed E-state index contributed by atoms with van der Waals surface area (Å²) in [5.41, 5.74) is 2.06. The van der Waals surface area contributed by atoms with E-state index in [9.17, 15) is 14.5 Å². The summed E-state index contributed by atoms with van der Waals surface area (Å²) in [6.45, 7) is 4.10. The molecular weight excluding hydrogens is 377 g/mol. The zero-order valence-electron chi connectivity index (χ0n) is 13.0. The van der Waals surface area contributed by atoms with Crippen molar-refractivity contribution in [2.75, 3.05) is 31.1 Å². The summed E-state index contributed by atoms with van der Waals surface area (Å²) >= 11 is 3.21. The fourth-order valence-corrected chi connectivity index (χ4v) is 3.29. The third-order valence-electron chi connectivity index (χ3n) is 4.17. The summed E-state index contributed by atoms with van der Waals surface area (Å²) in [6, 6.07) is 11.8. The van der Waals surface area contributed by atoms with Crippen molar-refractivity contribution in [3.05, 3.63) is 68.4 Å². The maximum absolute atomic E-state index is 13.3. The molecule has 1 aliphatic rings. The van der Waals surface area contributed by atoms with Gasteiger partial charge in [-0.25, -0.2) is 4.39 Å². The molecule has 3 rings (SSSR count). The van der Waals surface area contributed by atoms with Gasteiger partial charge in [-0.3, -0.25) is 15.0 Å². The molecule has 126 valence electrons. The molecule has 1 saturated heterocycles. The van der Waals surface area contributed by atoms with Crippen LogP contribution in [0.1, 0.15) is 5.56 Å². The first kappa shape index (κ1) is 16.9. The molecule has 0 bridgehead atoms. The lowest BCUT2D eigenvalue weighted by atomic mass is 10.2. The van der Waals surface area contributed by atoms with Crippen molar-refractivity contribution in [1.29, 1.82) is 0 Å².